The van der Waals surface area contributed by atoms with Crippen molar-refractivity contribution in [3.05, 3.63) is 406 Å². The predicted molar refractivity (Wildman–Crippen MR) is 536 cm³/mol. The van der Waals surface area contributed by atoms with E-state index < -0.39 is 0 Å². The normalized spacial score (nSPS) is 12.8. The lowest BCUT2D eigenvalue weighted by atomic mass is 9.40. The van der Waals surface area contributed by atoms with Gasteiger partial charge < -0.3 is 27.5 Å². The molecule has 11 heterocycles. The summed E-state index contributed by atoms with van der Waals surface area (Å²) in [5.41, 5.74) is 21.8. The van der Waals surface area contributed by atoms with Gasteiger partial charge in [-0.15, -0.1) is 34.0 Å². The summed E-state index contributed by atoms with van der Waals surface area (Å²) in [6, 6.07) is 143. The molecule has 0 saturated carbocycles. The van der Waals surface area contributed by atoms with Crippen LogP contribution in [-0.2, 0) is 0 Å². The number of furan rings is 4. The van der Waals surface area contributed by atoms with Crippen molar-refractivity contribution in [3.63, 3.8) is 0 Å². The van der Waals surface area contributed by atoms with Crippen LogP contribution in [0.15, 0.2) is 424 Å². The Morgan fingerprint density at radius 1 is 0.205 bits per heavy atom. The third-order valence-electron chi connectivity index (χ3n) is 25.4. The average molecular weight is 1680 g/mol. The highest BCUT2D eigenvalue weighted by Gasteiger charge is 2.47. The molecule has 0 unspecified atom stereocenters. The topological polar surface area (TPSA) is 101 Å². The molecule has 0 fully saturated rings. The number of fused-ring (bicyclic) bond motifs is 27. The summed E-state index contributed by atoms with van der Waals surface area (Å²) < 4.78 is 34.3. The fourth-order valence-electron chi connectivity index (χ4n) is 19.9. The highest BCUT2D eigenvalue weighted by Crippen LogP contribution is 2.52. The molecule has 10 nitrogen and oxygen atoms in total. The third-order valence-corrected chi connectivity index (χ3v) is 29.1. The molecule has 127 heavy (non-hydrogen) atoms. The van der Waals surface area contributed by atoms with Gasteiger partial charge >= 0.3 is 20.1 Å². The van der Waals surface area contributed by atoms with Gasteiger partial charge in [0, 0.05) is 94.4 Å². The van der Waals surface area contributed by atoms with Crippen LogP contribution in [0.5, 0.6) is 0 Å². The van der Waals surface area contributed by atoms with Gasteiger partial charge in [-0.3, -0.25) is 4.90 Å². The molecule has 0 spiro atoms. The summed E-state index contributed by atoms with van der Waals surface area (Å²) in [7, 11) is 0. The van der Waals surface area contributed by atoms with E-state index in [0.29, 0.717) is 17.6 Å². The Balaban J connectivity index is 0.000000101. The summed E-state index contributed by atoms with van der Waals surface area (Å²) in [4.78, 5) is 22.5. The van der Waals surface area contributed by atoms with Crippen LogP contribution in [-0.4, -0.2) is 35.1 Å². The molecule has 8 aromatic heterocycles. The quantitative estimate of drug-likeness (QED) is 0.108. The lowest BCUT2D eigenvalue weighted by molar-refractivity contribution is 0.651. The van der Waals surface area contributed by atoms with Gasteiger partial charge in [0.1, 0.15) is 44.9 Å². The fourth-order valence-corrected chi connectivity index (χ4v) is 23.9. The van der Waals surface area contributed by atoms with Gasteiger partial charge in [-0.2, -0.15) is 9.97 Å². The van der Waals surface area contributed by atoms with Crippen LogP contribution in [0.4, 0.5) is 51.4 Å². The molecule has 592 valence electrons. The van der Waals surface area contributed by atoms with E-state index in [1.54, 1.807) is 11.3 Å². The van der Waals surface area contributed by atoms with Crippen LogP contribution in [0.3, 0.4) is 0 Å². The van der Waals surface area contributed by atoms with Gasteiger partial charge in [0.05, 0.1) is 39.8 Å². The summed E-state index contributed by atoms with van der Waals surface area (Å²) in [5, 5.41) is 16.9. The van der Waals surface area contributed by atoms with Crippen LogP contribution in [0.25, 0.3) is 140 Å². The van der Waals surface area contributed by atoms with Gasteiger partial charge in [-0.1, -0.05) is 332 Å². The highest BCUT2D eigenvalue weighted by atomic mass is 32.1. The largest absolute Gasteiger partial charge is 0.468 e. The van der Waals surface area contributed by atoms with E-state index in [-0.39, 0.29) is 20.1 Å². The first-order chi connectivity index (χ1) is 63.0. The number of nitrogens with zero attached hydrogens (tertiary/aromatic N) is 6. The molecule has 0 amide bonds. The van der Waals surface area contributed by atoms with Gasteiger partial charge in [0.15, 0.2) is 11.6 Å². The Labute approximate surface area is 741 Å². The second kappa shape index (κ2) is 29.6. The monoisotopic (exact) mass is 1680 g/mol. The number of hydrogen-bond donors (Lipinski definition) is 0. The smallest absolute Gasteiger partial charge is 0.305 e. The molecule has 28 rings (SSSR count). The molecular formula is C111H67B3N6O4S3. The van der Waals surface area contributed by atoms with Gasteiger partial charge in [0.2, 0.25) is 5.95 Å². The number of thiophene rings is 3. The maximum Gasteiger partial charge on any atom is 0.305 e. The minimum Gasteiger partial charge on any atom is -0.468 e. The number of benzene rings is 17. The van der Waals surface area contributed by atoms with E-state index in [4.69, 9.17) is 32.6 Å². The minimum atomic E-state index is -0.0775. The molecule has 3 aliphatic heterocycles. The maximum absolute atomic E-state index is 6.84. The van der Waals surface area contributed by atoms with E-state index in [0.717, 1.165) is 122 Å². The highest BCUT2D eigenvalue weighted by molar-refractivity contribution is 7.34. The van der Waals surface area contributed by atoms with E-state index in [2.05, 4.69) is 330 Å². The van der Waals surface area contributed by atoms with Crippen LogP contribution < -0.4 is 62.4 Å². The van der Waals surface area contributed by atoms with Crippen molar-refractivity contribution < 1.29 is 17.7 Å². The Hall–Kier alpha value is -15.6. The number of rotatable bonds is 8. The van der Waals surface area contributed by atoms with Crippen molar-refractivity contribution in [1.29, 1.82) is 0 Å². The molecular weight excluding hydrogens is 1610 g/mol. The molecule has 0 saturated heterocycles. The van der Waals surface area contributed by atoms with Crippen LogP contribution in [0.2, 0.25) is 0 Å². The van der Waals surface area contributed by atoms with Gasteiger partial charge in [-0.25, -0.2) is 4.98 Å². The Kier molecular flexibility index (Phi) is 17.0. The molecule has 0 bridgehead atoms. The number of aromatic nitrogens is 3. The van der Waals surface area contributed by atoms with E-state index in [9.17, 15) is 0 Å². The zero-order valence-electron chi connectivity index (χ0n) is 68.0. The van der Waals surface area contributed by atoms with Crippen molar-refractivity contribution in [1.82, 2.24) is 15.0 Å². The summed E-state index contributed by atoms with van der Waals surface area (Å²) in [6.07, 6.45) is 0. The fraction of sp³-hybridized carbons (Fsp3) is 0. The zero-order valence-corrected chi connectivity index (χ0v) is 70.4. The second-order valence-electron chi connectivity index (χ2n) is 32.5. The second-order valence-corrected chi connectivity index (χ2v) is 35.8. The predicted octanol–water partition coefficient (Wildman–Crippen LogP) is 24.7. The number of anilines is 9. The SMILES string of the molecule is c1ccc(B2c3oc4ccccc4c3N(c3ccc4c(c3)oc3ccccc34)c3c2sc2ccccc32)cc1.c1ccc(B2c3oc4ccccc4c3N(c3ccc4c5ccccc5c5ccccc5c4c3)c3c2sc2ccccc32)cc1.c1ccc(B2c3oc4ccccc4c3N(c3nc(-c4ccccc4)nc(-c4ccccc4)n3)c3c2sc2ccccc32)cc1. The summed E-state index contributed by atoms with van der Waals surface area (Å²) in [6.45, 7) is -0.0639. The van der Waals surface area contributed by atoms with E-state index >= 15 is 0 Å². The van der Waals surface area contributed by atoms with E-state index in [1.807, 2.05) is 114 Å². The summed E-state index contributed by atoms with van der Waals surface area (Å²) >= 11 is 5.54. The Morgan fingerprint density at radius 2 is 0.488 bits per heavy atom. The molecule has 16 heteroatoms. The first-order valence-corrected chi connectivity index (χ1v) is 45.2. The summed E-state index contributed by atoms with van der Waals surface area (Å²) in [5.74, 6) is 1.80. The molecule has 0 radical (unpaired) electrons. The number of para-hydroxylation sites is 4. The third kappa shape index (κ3) is 11.7. The van der Waals surface area contributed by atoms with Gasteiger partial charge in [-0.05, 0) is 117 Å². The Bertz CT molecular complexity index is 8350. The van der Waals surface area contributed by atoms with Crippen LogP contribution in [0.1, 0.15) is 0 Å². The van der Waals surface area contributed by atoms with Crippen LogP contribution in [0, 0.1) is 0 Å². The lowest BCUT2D eigenvalue weighted by Crippen LogP contribution is -2.55. The maximum atomic E-state index is 6.84. The molecule has 0 atom stereocenters. The van der Waals surface area contributed by atoms with Crippen molar-refractivity contribution >= 4 is 271 Å². The van der Waals surface area contributed by atoms with E-state index in [1.165, 1.54) is 99.3 Å². The lowest BCUT2D eigenvalue weighted by Gasteiger charge is -2.33. The number of hydrogen-bond acceptors (Lipinski definition) is 13. The zero-order chi connectivity index (χ0) is 83.3. The van der Waals surface area contributed by atoms with Crippen molar-refractivity contribution in [2.45, 2.75) is 0 Å². The first-order valence-electron chi connectivity index (χ1n) is 42.8. The minimum absolute atomic E-state index is 0.00665. The molecule has 0 N–H and O–H groups in total. The van der Waals surface area contributed by atoms with Gasteiger partial charge in [0.25, 0.3) is 0 Å². The average Bonchev–Trinajstić information content (AvgIpc) is 1.56. The van der Waals surface area contributed by atoms with Crippen LogP contribution >= 0.6 is 34.0 Å². The Morgan fingerprint density at radius 3 is 0.890 bits per heavy atom. The van der Waals surface area contributed by atoms with Crippen molar-refractivity contribution in [3.8, 4) is 22.8 Å². The molecule has 17 aromatic carbocycles. The molecule has 25 aromatic rings. The molecule has 3 aliphatic rings. The standard InChI is InChI=1S/C40H24BNOS.C37H23BN4OS.C34H20BNO2S/c1-2-12-25(13-3-1)41-39-37(32-18-8-10-20-35(32)43-39)42(38-33-19-9-11-21-36(33)44-40(38)41)26-22-23-31-29-16-5-4-14-27(29)28-15-6-7-17-30(28)34(31)24-26;1-4-14-24(15-5-1)35-39-36(25-16-6-2-7-17-25)41-37(40-35)42-31-27-20-10-12-22-29(27)43-33(31)38(26-18-8-3-9-19-26)34-32(42)28-21-11-13-23-30(28)44-34;1-2-10-21(11-3-1)35-33-31(25-13-5-8-16-28(25)38-33)36(32-26-14-6-9-17-30(26)39-34(32)35)22-18-19-24-23-12-4-7-15-27(23)37-29(24)20-22/h1-24H;1-23H;1-20H. The van der Waals surface area contributed by atoms with Crippen molar-refractivity contribution in [2.75, 3.05) is 14.7 Å². The first kappa shape index (κ1) is 73.0. The molecule has 0 aliphatic carbocycles. The van der Waals surface area contributed by atoms with Crippen molar-refractivity contribution in [2.24, 2.45) is 0 Å².